The lowest BCUT2D eigenvalue weighted by atomic mass is 10.1. The van der Waals surface area contributed by atoms with Crippen LogP contribution in [-0.4, -0.2) is 35.0 Å². The van der Waals surface area contributed by atoms with Crippen molar-refractivity contribution in [1.82, 2.24) is 14.9 Å². The molecule has 1 aromatic heterocycles. The third-order valence-corrected chi connectivity index (χ3v) is 4.48. The summed E-state index contributed by atoms with van der Waals surface area (Å²) in [5.74, 6) is 0.512. The summed E-state index contributed by atoms with van der Waals surface area (Å²) in [4.78, 5) is 13.2. The zero-order valence-electron chi connectivity index (χ0n) is 14.1. The van der Waals surface area contributed by atoms with E-state index in [0.29, 0.717) is 0 Å². The Kier molecular flexibility index (Phi) is 4.15. The molecule has 1 aliphatic rings. The summed E-state index contributed by atoms with van der Waals surface area (Å²) in [6.07, 6.45) is 3.51. The van der Waals surface area contributed by atoms with Crippen molar-refractivity contribution in [2.24, 2.45) is 0 Å². The molecular formula is C20H19FN4. The van der Waals surface area contributed by atoms with E-state index in [9.17, 15) is 4.39 Å². The van der Waals surface area contributed by atoms with Crippen LogP contribution in [0.25, 0.3) is 11.4 Å². The molecule has 0 atom stereocenters. The van der Waals surface area contributed by atoms with Gasteiger partial charge < -0.3 is 9.80 Å². The number of fused-ring (bicyclic) bond motifs is 1. The van der Waals surface area contributed by atoms with Crippen molar-refractivity contribution in [3.05, 3.63) is 72.3 Å². The molecule has 0 amide bonds. The van der Waals surface area contributed by atoms with Crippen molar-refractivity contribution in [2.75, 3.05) is 25.0 Å². The summed E-state index contributed by atoms with van der Waals surface area (Å²) < 4.78 is 13.3. The van der Waals surface area contributed by atoms with E-state index in [2.05, 4.69) is 45.0 Å². The first-order valence-electron chi connectivity index (χ1n) is 8.33. The lowest BCUT2D eigenvalue weighted by Gasteiger charge is -2.25. The van der Waals surface area contributed by atoms with Gasteiger partial charge in [-0.3, -0.25) is 0 Å². The molecule has 4 rings (SSSR count). The molecule has 25 heavy (non-hydrogen) atoms. The minimum atomic E-state index is -0.215. The first-order valence-corrected chi connectivity index (χ1v) is 8.33. The number of nitrogens with zero attached hydrogens (tertiary/aromatic N) is 4. The standard InChI is InChI=1S/C20H19FN4/c1-24-11-12-25(18-6-4-17(21)5-7-18)19-8-3-15(13-16(19)14-24)20-22-9-2-10-23-20/h2-10,13H,11-12,14H2,1H3. The van der Waals surface area contributed by atoms with Crippen LogP contribution in [0.5, 0.6) is 0 Å². The van der Waals surface area contributed by atoms with Gasteiger partial charge in [0.15, 0.2) is 5.82 Å². The quantitative estimate of drug-likeness (QED) is 0.712. The second-order valence-corrected chi connectivity index (χ2v) is 6.28. The zero-order chi connectivity index (χ0) is 17.2. The van der Waals surface area contributed by atoms with Crippen molar-refractivity contribution < 1.29 is 4.39 Å². The van der Waals surface area contributed by atoms with Crippen LogP contribution >= 0.6 is 0 Å². The van der Waals surface area contributed by atoms with Crippen LogP contribution in [0.4, 0.5) is 15.8 Å². The molecule has 2 aromatic carbocycles. The first kappa shape index (κ1) is 15.7. The summed E-state index contributed by atoms with van der Waals surface area (Å²) >= 11 is 0. The van der Waals surface area contributed by atoms with Crippen LogP contribution in [0.1, 0.15) is 5.56 Å². The Morgan fingerprint density at radius 2 is 1.72 bits per heavy atom. The lowest BCUT2D eigenvalue weighted by Crippen LogP contribution is -2.26. The van der Waals surface area contributed by atoms with Gasteiger partial charge in [0.05, 0.1) is 0 Å². The fourth-order valence-corrected chi connectivity index (χ4v) is 3.21. The molecule has 1 aliphatic heterocycles. The number of halogens is 1. The molecule has 0 unspecified atom stereocenters. The minimum absolute atomic E-state index is 0.215. The molecule has 0 N–H and O–H groups in total. The third-order valence-electron chi connectivity index (χ3n) is 4.48. The largest absolute Gasteiger partial charge is 0.340 e. The average molecular weight is 334 g/mol. The van der Waals surface area contributed by atoms with Crippen LogP contribution in [0.15, 0.2) is 60.9 Å². The van der Waals surface area contributed by atoms with Gasteiger partial charge in [-0.2, -0.15) is 0 Å². The molecule has 5 heteroatoms. The Balaban J connectivity index is 1.78. The molecule has 0 radical (unpaired) electrons. The molecule has 0 aliphatic carbocycles. The summed E-state index contributed by atoms with van der Waals surface area (Å²) in [6, 6.07) is 14.8. The van der Waals surface area contributed by atoms with Gasteiger partial charge >= 0.3 is 0 Å². The normalized spacial score (nSPS) is 14.9. The van der Waals surface area contributed by atoms with Crippen molar-refractivity contribution >= 4 is 11.4 Å². The molecule has 0 saturated carbocycles. The molecule has 2 heterocycles. The Hall–Kier alpha value is -2.79. The molecule has 4 nitrogen and oxygen atoms in total. The number of likely N-dealkylation sites (N-methyl/N-ethyl adjacent to an activating group) is 1. The number of benzene rings is 2. The Morgan fingerprint density at radius 1 is 0.960 bits per heavy atom. The first-order chi connectivity index (χ1) is 12.2. The lowest BCUT2D eigenvalue weighted by molar-refractivity contribution is 0.343. The molecule has 0 spiro atoms. The predicted molar refractivity (Wildman–Crippen MR) is 97.2 cm³/mol. The van der Waals surface area contributed by atoms with Crippen molar-refractivity contribution in [1.29, 1.82) is 0 Å². The van der Waals surface area contributed by atoms with Gasteiger partial charge in [0.25, 0.3) is 0 Å². The fraction of sp³-hybridized carbons (Fsp3) is 0.200. The zero-order valence-corrected chi connectivity index (χ0v) is 14.1. The Labute approximate surface area is 146 Å². The maximum absolute atomic E-state index is 13.3. The van der Waals surface area contributed by atoms with E-state index in [-0.39, 0.29) is 5.82 Å². The van der Waals surface area contributed by atoms with Crippen LogP contribution < -0.4 is 4.90 Å². The molecular weight excluding hydrogens is 315 g/mol. The summed E-state index contributed by atoms with van der Waals surface area (Å²) in [7, 11) is 2.11. The van der Waals surface area contributed by atoms with Gasteiger partial charge in [-0.1, -0.05) is 0 Å². The molecule has 0 bridgehead atoms. The number of rotatable bonds is 2. The monoisotopic (exact) mass is 334 g/mol. The highest BCUT2D eigenvalue weighted by atomic mass is 19.1. The molecule has 3 aromatic rings. The van der Waals surface area contributed by atoms with E-state index in [1.165, 1.54) is 17.7 Å². The second-order valence-electron chi connectivity index (χ2n) is 6.28. The highest BCUT2D eigenvalue weighted by Crippen LogP contribution is 2.33. The fourth-order valence-electron chi connectivity index (χ4n) is 3.21. The highest BCUT2D eigenvalue weighted by Gasteiger charge is 2.20. The second kappa shape index (κ2) is 6.61. The number of hydrogen-bond acceptors (Lipinski definition) is 4. The van der Waals surface area contributed by atoms with Crippen LogP contribution in [0.3, 0.4) is 0 Å². The van der Waals surface area contributed by atoms with Gasteiger partial charge in [-0.25, -0.2) is 14.4 Å². The van der Waals surface area contributed by atoms with Gasteiger partial charge in [0.2, 0.25) is 0 Å². The van der Waals surface area contributed by atoms with Crippen LogP contribution in [0.2, 0.25) is 0 Å². The molecule has 0 fully saturated rings. The maximum Gasteiger partial charge on any atom is 0.159 e. The van der Waals surface area contributed by atoms with Gasteiger partial charge in [-0.05, 0) is 61.1 Å². The van der Waals surface area contributed by atoms with Crippen molar-refractivity contribution in [2.45, 2.75) is 6.54 Å². The van der Waals surface area contributed by atoms with E-state index in [1.807, 2.05) is 18.2 Å². The number of anilines is 2. The molecule has 126 valence electrons. The van der Waals surface area contributed by atoms with Gasteiger partial charge in [-0.15, -0.1) is 0 Å². The maximum atomic E-state index is 13.3. The van der Waals surface area contributed by atoms with E-state index in [0.717, 1.165) is 42.4 Å². The van der Waals surface area contributed by atoms with Crippen LogP contribution in [0, 0.1) is 5.82 Å². The minimum Gasteiger partial charge on any atom is -0.340 e. The topological polar surface area (TPSA) is 32.3 Å². The smallest absolute Gasteiger partial charge is 0.159 e. The summed E-state index contributed by atoms with van der Waals surface area (Å²) in [5.41, 5.74) is 4.38. The van der Waals surface area contributed by atoms with Gasteiger partial charge in [0, 0.05) is 49.0 Å². The van der Waals surface area contributed by atoms with Crippen molar-refractivity contribution in [3.63, 3.8) is 0 Å². The van der Waals surface area contributed by atoms with Crippen LogP contribution in [-0.2, 0) is 6.54 Å². The Bertz CT molecular complexity index is 865. The number of hydrogen-bond donors (Lipinski definition) is 0. The summed E-state index contributed by atoms with van der Waals surface area (Å²) in [5, 5.41) is 0. The third kappa shape index (κ3) is 3.23. The SMILES string of the molecule is CN1CCN(c2ccc(F)cc2)c2ccc(-c3ncccn3)cc2C1. The van der Waals surface area contributed by atoms with E-state index >= 15 is 0 Å². The predicted octanol–water partition coefficient (Wildman–Crippen LogP) is 3.87. The highest BCUT2D eigenvalue weighted by molar-refractivity contribution is 5.71. The van der Waals surface area contributed by atoms with E-state index in [1.54, 1.807) is 12.4 Å². The summed E-state index contributed by atoms with van der Waals surface area (Å²) in [6.45, 7) is 2.65. The average Bonchev–Trinajstić information content (AvgIpc) is 2.81. The Morgan fingerprint density at radius 3 is 2.48 bits per heavy atom. The van der Waals surface area contributed by atoms with E-state index in [4.69, 9.17) is 0 Å². The number of aromatic nitrogens is 2. The van der Waals surface area contributed by atoms with Gasteiger partial charge in [0.1, 0.15) is 5.82 Å². The van der Waals surface area contributed by atoms with E-state index < -0.39 is 0 Å². The molecule has 0 saturated heterocycles. The van der Waals surface area contributed by atoms with Crippen molar-refractivity contribution in [3.8, 4) is 11.4 Å².